The first-order chi connectivity index (χ1) is 12.3. The molecule has 1 fully saturated rings. The van der Waals surface area contributed by atoms with Gasteiger partial charge in [0.25, 0.3) is 0 Å². The molecule has 1 rings (SSSR count). The maximum absolute atomic E-state index is 11.4. The monoisotopic (exact) mass is 376 g/mol. The third kappa shape index (κ3) is 8.59. The van der Waals surface area contributed by atoms with Crippen molar-refractivity contribution in [1.29, 1.82) is 0 Å². The van der Waals surface area contributed by atoms with Crippen molar-refractivity contribution < 1.29 is 42.8 Å². The molecule has 26 heavy (non-hydrogen) atoms. The van der Waals surface area contributed by atoms with Crippen LogP contribution in [0.1, 0.15) is 40.5 Å². The summed E-state index contributed by atoms with van der Waals surface area (Å²) in [5, 5.41) is 0. The highest BCUT2D eigenvalue weighted by molar-refractivity contribution is 5.67. The second kappa shape index (κ2) is 11.8. The highest BCUT2D eigenvalue weighted by Crippen LogP contribution is 2.27. The topological polar surface area (TPSA) is 107 Å². The first-order valence-corrected chi connectivity index (χ1v) is 8.66. The highest BCUT2D eigenvalue weighted by atomic mass is 16.7. The lowest BCUT2D eigenvalue weighted by Gasteiger charge is -2.39. The zero-order valence-electron chi connectivity index (χ0n) is 15.7. The van der Waals surface area contributed by atoms with Crippen LogP contribution in [0.4, 0.5) is 0 Å². The number of hydrogen-bond acceptors (Lipinski definition) is 9. The van der Waals surface area contributed by atoms with Crippen molar-refractivity contribution in [2.45, 2.75) is 65.1 Å². The van der Waals surface area contributed by atoms with E-state index < -0.39 is 42.5 Å². The summed E-state index contributed by atoms with van der Waals surface area (Å²) in [6.45, 7) is 6.92. The minimum Gasteiger partial charge on any atom is -0.463 e. The Morgan fingerprint density at radius 1 is 0.962 bits per heavy atom. The maximum atomic E-state index is 11.4. The lowest BCUT2D eigenvalue weighted by molar-refractivity contribution is -0.267. The van der Waals surface area contributed by atoms with Crippen LogP contribution in [0, 0.1) is 0 Å². The lowest BCUT2D eigenvalue weighted by Crippen LogP contribution is -2.54. The molecule has 0 aromatic carbocycles. The molecular weight excluding hydrogens is 348 g/mol. The summed E-state index contributed by atoms with van der Waals surface area (Å²) in [6, 6.07) is 0. The van der Waals surface area contributed by atoms with Crippen LogP contribution < -0.4 is 0 Å². The van der Waals surface area contributed by atoms with Gasteiger partial charge in [0.05, 0.1) is 13.2 Å². The minimum absolute atomic E-state index is 0.156. The minimum atomic E-state index is -0.896. The number of ether oxygens (including phenoxy) is 6. The number of esters is 3. The van der Waals surface area contributed by atoms with Gasteiger partial charge in [0.1, 0.15) is 18.8 Å². The number of hydrogen-bond donors (Lipinski definition) is 0. The van der Waals surface area contributed by atoms with Crippen molar-refractivity contribution >= 4 is 17.9 Å². The average molecular weight is 376 g/mol. The van der Waals surface area contributed by atoms with E-state index in [2.05, 4.69) is 0 Å². The van der Waals surface area contributed by atoms with Crippen LogP contribution >= 0.6 is 0 Å². The second-order valence-electron chi connectivity index (χ2n) is 5.85. The predicted molar refractivity (Wildman–Crippen MR) is 88.1 cm³/mol. The molecule has 0 aromatic rings. The first-order valence-electron chi connectivity index (χ1n) is 8.66. The zero-order valence-corrected chi connectivity index (χ0v) is 15.7. The zero-order chi connectivity index (χ0) is 19.5. The molecule has 0 amide bonds. The maximum Gasteiger partial charge on any atom is 0.303 e. The second-order valence-corrected chi connectivity index (χ2v) is 5.85. The van der Waals surface area contributed by atoms with E-state index in [1.807, 2.05) is 6.92 Å². The van der Waals surface area contributed by atoms with E-state index in [1.54, 1.807) is 0 Å². The van der Waals surface area contributed by atoms with Crippen LogP contribution in [-0.2, 0) is 42.8 Å². The fourth-order valence-corrected chi connectivity index (χ4v) is 2.49. The Hall–Kier alpha value is -1.71. The van der Waals surface area contributed by atoms with Gasteiger partial charge < -0.3 is 28.4 Å². The molecular formula is C17H28O9. The molecule has 0 aliphatic carbocycles. The molecule has 1 heterocycles. The number of carbonyl (C=O) groups excluding carboxylic acids is 3. The first kappa shape index (κ1) is 22.3. The summed E-state index contributed by atoms with van der Waals surface area (Å²) in [7, 11) is 0. The molecule has 9 nitrogen and oxygen atoms in total. The molecule has 0 N–H and O–H groups in total. The number of carbonyl (C=O) groups is 3. The predicted octanol–water partition coefficient (Wildman–Crippen LogP) is 0.971. The van der Waals surface area contributed by atoms with Gasteiger partial charge in [-0.1, -0.05) is 6.92 Å². The molecule has 0 spiro atoms. The Kier molecular flexibility index (Phi) is 10.2. The van der Waals surface area contributed by atoms with E-state index in [0.29, 0.717) is 13.2 Å². The summed E-state index contributed by atoms with van der Waals surface area (Å²) >= 11 is 0. The Bertz CT molecular complexity index is 465. The highest BCUT2D eigenvalue weighted by Gasteiger charge is 2.44. The van der Waals surface area contributed by atoms with Crippen LogP contribution in [0.25, 0.3) is 0 Å². The van der Waals surface area contributed by atoms with Gasteiger partial charge in [-0.05, 0) is 6.42 Å². The van der Waals surface area contributed by atoms with Gasteiger partial charge in [-0.2, -0.15) is 0 Å². The molecule has 1 aliphatic heterocycles. The van der Waals surface area contributed by atoms with Crippen molar-refractivity contribution in [3.8, 4) is 0 Å². The average Bonchev–Trinajstić information content (AvgIpc) is 2.54. The van der Waals surface area contributed by atoms with Gasteiger partial charge >= 0.3 is 17.9 Å². The standard InChI is InChI=1S/C17H28O9/c1-5-6-21-7-8-22-16-9-14(24-12(3)19)17(25-13(4)20)15(26-16)10-23-11(2)18/h14-17H,5-10H2,1-4H3/t14-,15-,16?,17-/m1/s1. The van der Waals surface area contributed by atoms with Gasteiger partial charge in [-0.3, -0.25) is 14.4 Å². The SMILES string of the molecule is CCCOCCOC1C[C@@H](OC(C)=O)[C@@H](OC(C)=O)[C@@H](COC(C)=O)O1. The Balaban J connectivity index is 2.75. The van der Waals surface area contributed by atoms with E-state index in [1.165, 1.54) is 20.8 Å². The molecule has 4 atom stereocenters. The lowest BCUT2D eigenvalue weighted by atomic mass is 10.0. The van der Waals surface area contributed by atoms with E-state index in [0.717, 1.165) is 6.42 Å². The quantitative estimate of drug-likeness (QED) is 0.313. The Labute approximate surface area is 153 Å². The van der Waals surface area contributed by atoms with Crippen LogP contribution in [-0.4, -0.2) is 68.9 Å². The van der Waals surface area contributed by atoms with E-state index in [4.69, 9.17) is 28.4 Å². The largest absolute Gasteiger partial charge is 0.463 e. The van der Waals surface area contributed by atoms with Gasteiger partial charge in [0.15, 0.2) is 12.4 Å². The molecule has 150 valence electrons. The van der Waals surface area contributed by atoms with Gasteiger partial charge in [-0.15, -0.1) is 0 Å². The smallest absolute Gasteiger partial charge is 0.303 e. The van der Waals surface area contributed by atoms with E-state index in [-0.39, 0.29) is 19.6 Å². The molecule has 0 radical (unpaired) electrons. The van der Waals surface area contributed by atoms with Crippen molar-refractivity contribution in [3.63, 3.8) is 0 Å². The van der Waals surface area contributed by atoms with Crippen LogP contribution in [0.15, 0.2) is 0 Å². The molecule has 0 saturated carbocycles. The molecule has 0 aromatic heterocycles. The van der Waals surface area contributed by atoms with Crippen molar-refractivity contribution in [1.82, 2.24) is 0 Å². The summed E-state index contributed by atoms with van der Waals surface area (Å²) in [5.41, 5.74) is 0. The third-order valence-corrected chi connectivity index (χ3v) is 3.43. The van der Waals surface area contributed by atoms with Crippen LogP contribution in [0.3, 0.4) is 0 Å². The van der Waals surface area contributed by atoms with E-state index >= 15 is 0 Å². The van der Waals surface area contributed by atoms with Crippen molar-refractivity contribution in [2.75, 3.05) is 26.4 Å². The third-order valence-electron chi connectivity index (χ3n) is 3.43. The Morgan fingerprint density at radius 3 is 2.23 bits per heavy atom. The van der Waals surface area contributed by atoms with Crippen molar-refractivity contribution in [2.24, 2.45) is 0 Å². The normalized spacial score (nSPS) is 25.4. The van der Waals surface area contributed by atoms with Gasteiger partial charge in [-0.25, -0.2) is 0 Å². The molecule has 1 saturated heterocycles. The summed E-state index contributed by atoms with van der Waals surface area (Å²) in [6.07, 6.45) is -2.11. The van der Waals surface area contributed by atoms with E-state index in [9.17, 15) is 14.4 Å². The fourth-order valence-electron chi connectivity index (χ4n) is 2.49. The summed E-state index contributed by atoms with van der Waals surface area (Å²) < 4.78 is 32.2. The molecule has 0 bridgehead atoms. The fraction of sp³-hybridized carbons (Fsp3) is 0.824. The van der Waals surface area contributed by atoms with Crippen LogP contribution in [0.2, 0.25) is 0 Å². The van der Waals surface area contributed by atoms with Crippen molar-refractivity contribution in [3.05, 3.63) is 0 Å². The molecule has 1 unspecified atom stereocenters. The van der Waals surface area contributed by atoms with Gasteiger partial charge in [0.2, 0.25) is 0 Å². The van der Waals surface area contributed by atoms with Gasteiger partial charge in [0, 0.05) is 33.8 Å². The Morgan fingerprint density at radius 2 is 1.65 bits per heavy atom. The summed E-state index contributed by atoms with van der Waals surface area (Å²) in [4.78, 5) is 33.9. The number of rotatable bonds is 10. The van der Waals surface area contributed by atoms with Crippen LogP contribution in [0.5, 0.6) is 0 Å². The molecule has 9 heteroatoms. The molecule has 1 aliphatic rings. The summed E-state index contributed by atoms with van der Waals surface area (Å²) in [5.74, 6) is -1.59.